The molecule has 0 aliphatic heterocycles. The van der Waals surface area contributed by atoms with Gasteiger partial charge in [0.05, 0.1) is 0 Å². The molecule has 3 aromatic rings. The number of rotatable bonds is 5. The summed E-state index contributed by atoms with van der Waals surface area (Å²) in [6.07, 6.45) is 0. The highest BCUT2D eigenvalue weighted by atomic mass is 16.1. The van der Waals surface area contributed by atoms with Crippen molar-refractivity contribution >= 4 is 5.91 Å². The third kappa shape index (κ3) is 2.88. The number of carbonyl (C=O) groups excluding carboxylic acids is 1. The quantitative estimate of drug-likeness (QED) is 0.627. The number of nitrogens with two attached hydrogens (primary N) is 1. The molecule has 2 aromatic heterocycles. The summed E-state index contributed by atoms with van der Waals surface area (Å²) in [5.41, 5.74) is 5.98. The molecule has 0 saturated heterocycles. The van der Waals surface area contributed by atoms with E-state index >= 15 is 0 Å². The fraction of sp³-hybridized carbons (Fsp3) is 0.182. The molecule has 2 heterocycles. The molecule has 0 unspecified atom stereocenters. The third-order valence-corrected chi connectivity index (χ3v) is 2.68. The van der Waals surface area contributed by atoms with Crippen molar-refractivity contribution in [2.24, 2.45) is 5.73 Å². The molecule has 0 aliphatic carbocycles. The van der Waals surface area contributed by atoms with Crippen LogP contribution in [-0.2, 0) is 17.9 Å². The first-order chi connectivity index (χ1) is 10.2. The van der Waals surface area contributed by atoms with E-state index in [2.05, 4.69) is 30.9 Å². The molecule has 0 fully saturated rings. The molecule has 0 radical (unpaired) electrons. The van der Waals surface area contributed by atoms with Crippen LogP contribution in [0.4, 0.5) is 0 Å². The average Bonchev–Trinajstić information content (AvgIpc) is 3.10. The Kier molecular flexibility index (Phi) is 3.33. The van der Waals surface area contributed by atoms with Gasteiger partial charge in [0.1, 0.15) is 13.1 Å². The lowest BCUT2D eigenvalue weighted by atomic mass is 10.2. The number of aromatic nitrogens is 8. The van der Waals surface area contributed by atoms with Crippen molar-refractivity contribution in [2.75, 3.05) is 0 Å². The molecule has 10 heteroatoms. The lowest BCUT2D eigenvalue weighted by molar-refractivity contribution is -0.118. The zero-order chi connectivity index (χ0) is 14.7. The zero-order valence-corrected chi connectivity index (χ0v) is 10.9. The Morgan fingerprint density at radius 3 is 2.71 bits per heavy atom. The van der Waals surface area contributed by atoms with E-state index in [0.717, 1.165) is 5.56 Å². The van der Waals surface area contributed by atoms with E-state index in [1.54, 1.807) is 0 Å². The van der Waals surface area contributed by atoms with Gasteiger partial charge < -0.3 is 5.73 Å². The van der Waals surface area contributed by atoms with E-state index in [-0.39, 0.29) is 13.1 Å². The van der Waals surface area contributed by atoms with Crippen molar-refractivity contribution in [1.29, 1.82) is 0 Å². The van der Waals surface area contributed by atoms with Crippen LogP contribution in [0.3, 0.4) is 0 Å². The summed E-state index contributed by atoms with van der Waals surface area (Å²) in [5.74, 6) is 0.399. The minimum Gasteiger partial charge on any atom is -0.368 e. The van der Waals surface area contributed by atoms with Crippen LogP contribution in [-0.4, -0.2) is 46.3 Å². The maximum absolute atomic E-state index is 10.9. The van der Waals surface area contributed by atoms with Gasteiger partial charge in [-0.15, -0.1) is 15.3 Å². The molecule has 10 nitrogen and oxygen atoms in total. The van der Waals surface area contributed by atoms with Gasteiger partial charge in [-0.05, 0) is 15.6 Å². The smallest absolute Gasteiger partial charge is 0.239 e. The number of benzene rings is 1. The molecule has 0 bridgehead atoms. The van der Waals surface area contributed by atoms with Gasteiger partial charge in [0, 0.05) is 5.56 Å². The predicted molar refractivity (Wildman–Crippen MR) is 69.4 cm³/mol. The van der Waals surface area contributed by atoms with Crippen LogP contribution in [0.15, 0.2) is 30.3 Å². The summed E-state index contributed by atoms with van der Waals surface area (Å²) in [6.45, 7) is 0.0999. The minimum atomic E-state index is -0.528. The molecule has 3 rings (SSSR count). The Labute approximate surface area is 118 Å². The summed E-state index contributed by atoms with van der Waals surface area (Å²) in [4.78, 5) is 12.3. The number of carbonyl (C=O) groups is 1. The van der Waals surface area contributed by atoms with Crippen LogP contribution in [0.2, 0.25) is 0 Å². The van der Waals surface area contributed by atoms with Crippen molar-refractivity contribution in [3.63, 3.8) is 0 Å². The van der Waals surface area contributed by atoms with E-state index in [9.17, 15) is 4.79 Å². The molecule has 106 valence electrons. The van der Waals surface area contributed by atoms with Crippen LogP contribution in [0.1, 0.15) is 5.82 Å². The van der Waals surface area contributed by atoms with Crippen LogP contribution < -0.4 is 5.73 Å². The topological polar surface area (TPSA) is 130 Å². The van der Waals surface area contributed by atoms with Crippen LogP contribution in [0, 0.1) is 0 Å². The van der Waals surface area contributed by atoms with Crippen molar-refractivity contribution in [1.82, 2.24) is 40.4 Å². The van der Waals surface area contributed by atoms with Gasteiger partial charge in [-0.3, -0.25) is 4.79 Å². The lowest BCUT2D eigenvalue weighted by Crippen LogP contribution is -2.22. The molecule has 2 N–H and O–H groups in total. The van der Waals surface area contributed by atoms with Crippen LogP contribution >= 0.6 is 0 Å². The zero-order valence-electron chi connectivity index (χ0n) is 10.9. The summed E-state index contributed by atoms with van der Waals surface area (Å²) < 4.78 is 1.30. The molecular weight excluding hydrogens is 274 g/mol. The highest BCUT2D eigenvalue weighted by Gasteiger charge is 2.12. The molecule has 1 amide bonds. The van der Waals surface area contributed by atoms with Gasteiger partial charge in [0.15, 0.2) is 5.82 Å². The van der Waals surface area contributed by atoms with Gasteiger partial charge in [-0.25, -0.2) is 4.68 Å². The first kappa shape index (κ1) is 12.8. The Morgan fingerprint density at radius 1 is 1.14 bits per heavy atom. The largest absolute Gasteiger partial charge is 0.368 e. The predicted octanol–water partition coefficient (Wildman–Crippen LogP) is -1.14. The average molecular weight is 285 g/mol. The number of hydrogen-bond donors (Lipinski definition) is 1. The van der Waals surface area contributed by atoms with Crippen LogP contribution in [0.25, 0.3) is 11.4 Å². The van der Waals surface area contributed by atoms with Gasteiger partial charge in [0.2, 0.25) is 11.7 Å². The Bertz CT molecular complexity index is 748. The van der Waals surface area contributed by atoms with Crippen molar-refractivity contribution < 1.29 is 4.79 Å². The second-order valence-electron chi connectivity index (χ2n) is 4.23. The van der Waals surface area contributed by atoms with Crippen molar-refractivity contribution in [3.05, 3.63) is 36.2 Å². The molecule has 0 atom stereocenters. The Morgan fingerprint density at radius 2 is 1.95 bits per heavy atom. The minimum absolute atomic E-state index is 0.0947. The van der Waals surface area contributed by atoms with Gasteiger partial charge in [-0.2, -0.15) is 4.80 Å². The Hall–Kier alpha value is -3.17. The number of primary amides is 1. The molecule has 0 aliphatic rings. The normalized spacial score (nSPS) is 10.7. The maximum atomic E-state index is 10.9. The molecule has 1 aromatic carbocycles. The summed E-state index contributed by atoms with van der Waals surface area (Å²) >= 11 is 0. The highest BCUT2D eigenvalue weighted by Crippen LogP contribution is 2.11. The van der Waals surface area contributed by atoms with Gasteiger partial charge >= 0.3 is 0 Å². The summed E-state index contributed by atoms with van der Waals surface area (Å²) in [7, 11) is 0. The highest BCUT2D eigenvalue weighted by molar-refractivity contribution is 5.73. The molecule has 0 saturated carbocycles. The van der Waals surface area contributed by atoms with E-state index in [1.807, 2.05) is 30.3 Å². The molecule has 21 heavy (non-hydrogen) atoms. The third-order valence-electron chi connectivity index (χ3n) is 2.68. The number of hydrogen-bond acceptors (Lipinski definition) is 7. The fourth-order valence-electron chi connectivity index (χ4n) is 1.75. The first-order valence-electron chi connectivity index (χ1n) is 6.09. The van der Waals surface area contributed by atoms with E-state index < -0.39 is 5.91 Å². The maximum Gasteiger partial charge on any atom is 0.239 e. The molecular formula is C11H11N9O. The van der Waals surface area contributed by atoms with Crippen molar-refractivity contribution in [2.45, 2.75) is 13.1 Å². The number of nitrogens with zero attached hydrogens (tertiary/aromatic N) is 8. The summed E-state index contributed by atoms with van der Waals surface area (Å²) in [6, 6.07) is 9.47. The lowest BCUT2D eigenvalue weighted by Gasteiger charge is -2.00. The number of tetrazole rings is 2. The SMILES string of the molecule is NC(=O)Cn1nnnc1Cn1nnc(-c2ccccc2)n1. The van der Waals surface area contributed by atoms with E-state index in [4.69, 9.17) is 5.73 Å². The first-order valence-corrected chi connectivity index (χ1v) is 6.09. The second kappa shape index (κ2) is 5.45. The van der Waals surface area contributed by atoms with Gasteiger partial charge in [-0.1, -0.05) is 30.3 Å². The Balaban J connectivity index is 1.79. The van der Waals surface area contributed by atoms with E-state index in [1.165, 1.54) is 9.48 Å². The fourth-order valence-corrected chi connectivity index (χ4v) is 1.75. The second-order valence-corrected chi connectivity index (χ2v) is 4.23. The summed E-state index contributed by atoms with van der Waals surface area (Å²) in [5, 5.41) is 23.2. The van der Waals surface area contributed by atoms with Gasteiger partial charge in [0.25, 0.3) is 0 Å². The monoisotopic (exact) mass is 285 g/mol. The van der Waals surface area contributed by atoms with Crippen molar-refractivity contribution in [3.8, 4) is 11.4 Å². The molecule has 0 spiro atoms. The number of amides is 1. The standard InChI is InChI=1S/C11H11N9O/c12-9(21)6-19-10(13-16-18-19)7-20-15-11(14-17-20)8-4-2-1-3-5-8/h1-5H,6-7H2,(H2,12,21). The van der Waals surface area contributed by atoms with E-state index in [0.29, 0.717) is 11.6 Å². The van der Waals surface area contributed by atoms with Crippen LogP contribution in [0.5, 0.6) is 0 Å².